The number of hydrogen-bond acceptors (Lipinski definition) is 5. The standard InChI is InChI=1S/C20H21F4N3O4S/c1-32(30,31)27-10-20(24,11-27)16-7-6-14(9-25-16)12-2-4-13(5-3-12)17(28)15(8-21)26-19(29)18(22)23/h2-7,9,15,17-18,28H,8,10-11H2,1H3,(H,26,29)/t15-,17+/m1/s1. The number of pyridine rings is 1. The van der Waals surface area contributed by atoms with Gasteiger partial charge in [-0.1, -0.05) is 30.3 Å². The number of carbonyl (C=O) groups excluding carboxylic acids is 1. The van der Waals surface area contributed by atoms with Crippen molar-refractivity contribution in [2.45, 2.75) is 24.2 Å². The van der Waals surface area contributed by atoms with Crippen LogP contribution in [-0.2, 0) is 20.5 Å². The molecule has 0 spiro atoms. The summed E-state index contributed by atoms with van der Waals surface area (Å²) in [6.07, 6.45) is -2.45. The second kappa shape index (κ2) is 9.12. The van der Waals surface area contributed by atoms with Crippen LogP contribution in [0.3, 0.4) is 0 Å². The third kappa shape index (κ3) is 5.08. The van der Waals surface area contributed by atoms with Gasteiger partial charge in [-0.2, -0.15) is 13.1 Å². The van der Waals surface area contributed by atoms with Crippen LogP contribution in [0.1, 0.15) is 17.4 Å². The van der Waals surface area contributed by atoms with Crippen LogP contribution in [0.5, 0.6) is 0 Å². The number of nitrogens with zero attached hydrogens (tertiary/aromatic N) is 2. The Hall–Kier alpha value is -2.57. The number of rotatable bonds is 8. The van der Waals surface area contributed by atoms with E-state index in [9.17, 15) is 35.9 Å². The van der Waals surface area contributed by atoms with Gasteiger partial charge in [0.1, 0.15) is 12.8 Å². The van der Waals surface area contributed by atoms with Crippen molar-refractivity contribution in [1.29, 1.82) is 0 Å². The average Bonchev–Trinajstić information content (AvgIpc) is 2.74. The number of hydrogen-bond donors (Lipinski definition) is 2. The molecule has 0 unspecified atom stereocenters. The van der Waals surface area contributed by atoms with Crippen molar-refractivity contribution in [3.8, 4) is 11.1 Å². The highest BCUT2D eigenvalue weighted by Gasteiger charge is 2.49. The first kappa shape index (κ1) is 24.1. The summed E-state index contributed by atoms with van der Waals surface area (Å²) in [4.78, 5) is 15.2. The molecule has 2 aromatic rings. The highest BCUT2D eigenvalue weighted by molar-refractivity contribution is 7.88. The predicted octanol–water partition coefficient (Wildman–Crippen LogP) is 1.94. The summed E-state index contributed by atoms with van der Waals surface area (Å²) in [5, 5.41) is 12.0. The quantitative estimate of drug-likeness (QED) is 0.569. The van der Waals surface area contributed by atoms with E-state index in [1.165, 1.54) is 24.4 Å². The van der Waals surface area contributed by atoms with Gasteiger partial charge in [0, 0.05) is 11.8 Å². The van der Waals surface area contributed by atoms with E-state index in [-0.39, 0.29) is 24.3 Å². The molecule has 174 valence electrons. The molecule has 1 aromatic heterocycles. The second-order valence-corrected chi connectivity index (χ2v) is 9.55. The van der Waals surface area contributed by atoms with Crippen LogP contribution < -0.4 is 5.32 Å². The van der Waals surface area contributed by atoms with E-state index in [4.69, 9.17) is 0 Å². The molecule has 1 aromatic carbocycles. The molecule has 1 aliphatic rings. The lowest BCUT2D eigenvalue weighted by Crippen LogP contribution is -2.58. The smallest absolute Gasteiger partial charge is 0.315 e. The van der Waals surface area contributed by atoms with Gasteiger partial charge in [0.15, 0.2) is 5.67 Å². The molecule has 2 heterocycles. The first-order valence-electron chi connectivity index (χ1n) is 9.48. The van der Waals surface area contributed by atoms with Gasteiger partial charge >= 0.3 is 6.43 Å². The van der Waals surface area contributed by atoms with E-state index in [1.54, 1.807) is 23.5 Å². The van der Waals surface area contributed by atoms with Crippen LogP contribution in [0.15, 0.2) is 42.6 Å². The molecule has 2 atom stereocenters. The number of aliphatic hydroxyl groups is 1. The number of amides is 1. The zero-order chi connectivity index (χ0) is 23.7. The molecular formula is C20H21F4N3O4S. The topological polar surface area (TPSA) is 99.6 Å². The molecule has 0 saturated carbocycles. The number of nitrogens with one attached hydrogen (secondary N) is 1. The molecule has 0 radical (unpaired) electrons. The Kier molecular flexibility index (Phi) is 6.86. The summed E-state index contributed by atoms with van der Waals surface area (Å²) in [6.45, 7) is -1.85. The molecule has 32 heavy (non-hydrogen) atoms. The van der Waals surface area contributed by atoms with Gasteiger partial charge in [0.2, 0.25) is 10.0 Å². The van der Waals surface area contributed by atoms with Crippen molar-refractivity contribution in [3.05, 3.63) is 53.9 Å². The summed E-state index contributed by atoms with van der Waals surface area (Å²) >= 11 is 0. The largest absolute Gasteiger partial charge is 0.386 e. The zero-order valence-corrected chi connectivity index (χ0v) is 17.7. The third-order valence-electron chi connectivity index (χ3n) is 5.20. The van der Waals surface area contributed by atoms with Crippen LogP contribution in [0, 0.1) is 0 Å². The molecule has 3 rings (SSSR count). The Balaban J connectivity index is 1.69. The SMILES string of the molecule is CS(=O)(=O)N1CC(F)(c2ccc(-c3ccc([C@H](O)[C@@H](CF)NC(=O)C(F)F)cc3)cn2)C1. The molecule has 0 bridgehead atoms. The van der Waals surface area contributed by atoms with Gasteiger partial charge < -0.3 is 10.4 Å². The minimum atomic E-state index is -3.47. The number of aliphatic hydroxyl groups excluding tert-OH is 1. The lowest BCUT2D eigenvalue weighted by Gasteiger charge is -2.42. The zero-order valence-electron chi connectivity index (χ0n) is 16.9. The van der Waals surface area contributed by atoms with E-state index in [0.29, 0.717) is 11.1 Å². The first-order valence-corrected chi connectivity index (χ1v) is 11.3. The van der Waals surface area contributed by atoms with Crippen molar-refractivity contribution < 1.29 is 35.9 Å². The fourth-order valence-electron chi connectivity index (χ4n) is 3.29. The fourth-order valence-corrected chi connectivity index (χ4v) is 4.17. The maximum absolute atomic E-state index is 14.8. The number of sulfonamides is 1. The Morgan fingerprint density at radius 1 is 1.19 bits per heavy atom. The van der Waals surface area contributed by atoms with Crippen molar-refractivity contribution in [2.24, 2.45) is 0 Å². The summed E-state index contributed by atoms with van der Waals surface area (Å²) < 4.78 is 76.6. The molecule has 1 aliphatic heterocycles. The van der Waals surface area contributed by atoms with Crippen molar-refractivity contribution >= 4 is 15.9 Å². The van der Waals surface area contributed by atoms with Crippen LogP contribution >= 0.6 is 0 Å². The summed E-state index contributed by atoms with van der Waals surface area (Å²) in [7, 11) is -3.47. The number of benzene rings is 1. The van der Waals surface area contributed by atoms with E-state index < -0.39 is 46.8 Å². The van der Waals surface area contributed by atoms with Crippen LogP contribution in [0.25, 0.3) is 11.1 Å². The number of aromatic nitrogens is 1. The number of carbonyl (C=O) groups is 1. The van der Waals surface area contributed by atoms with Crippen LogP contribution in [-0.4, -0.2) is 67.2 Å². The fraction of sp³-hybridized carbons (Fsp3) is 0.400. The van der Waals surface area contributed by atoms with Crippen LogP contribution in [0.4, 0.5) is 17.6 Å². The molecule has 7 nitrogen and oxygen atoms in total. The molecule has 12 heteroatoms. The maximum atomic E-state index is 14.8. The Morgan fingerprint density at radius 2 is 1.78 bits per heavy atom. The van der Waals surface area contributed by atoms with Gasteiger partial charge in [-0.15, -0.1) is 0 Å². The molecule has 2 N–H and O–H groups in total. The molecule has 1 fully saturated rings. The first-order chi connectivity index (χ1) is 14.9. The van der Waals surface area contributed by atoms with Gasteiger partial charge in [-0.3, -0.25) is 9.78 Å². The predicted molar refractivity (Wildman–Crippen MR) is 108 cm³/mol. The summed E-state index contributed by atoms with van der Waals surface area (Å²) in [6, 6.07) is 7.55. The monoisotopic (exact) mass is 475 g/mol. The second-order valence-electron chi connectivity index (χ2n) is 7.57. The van der Waals surface area contributed by atoms with Gasteiger partial charge in [-0.05, 0) is 17.2 Å². The summed E-state index contributed by atoms with van der Waals surface area (Å²) in [5.74, 6) is -1.67. The summed E-state index contributed by atoms with van der Waals surface area (Å²) in [5.41, 5.74) is -0.319. The Bertz CT molecular complexity index is 1060. The molecule has 0 aliphatic carbocycles. The lowest BCUT2D eigenvalue weighted by molar-refractivity contribution is -0.133. The third-order valence-corrected chi connectivity index (χ3v) is 6.40. The molecular weight excluding hydrogens is 454 g/mol. The Morgan fingerprint density at radius 3 is 2.25 bits per heavy atom. The minimum Gasteiger partial charge on any atom is -0.386 e. The lowest BCUT2D eigenvalue weighted by atomic mass is 9.93. The number of halogens is 4. The van der Waals surface area contributed by atoms with Crippen molar-refractivity contribution in [1.82, 2.24) is 14.6 Å². The Labute approximate surface area is 182 Å². The van der Waals surface area contributed by atoms with Gasteiger partial charge in [0.05, 0.1) is 31.1 Å². The average molecular weight is 475 g/mol. The van der Waals surface area contributed by atoms with Crippen molar-refractivity contribution in [3.63, 3.8) is 0 Å². The minimum absolute atomic E-state index is 0.105. The molecule has 1 saturated heterocycles. The highest BCUT2D eigenvalue weighted by Crippen LogP contribution is 2.37. The van der Waals surface area contributed by atoms with Gasteiger partial charge in [-0.25, -0.2) is 17.2 Å². The number of alkyl halides is 4. The highest BCUT2D eigenvalue weighted by atomic mass is 32.2. The molecule has 1 amide bonds. The maximum Gasteiger partial charge on any atom is 0.315 e. The van der Waals surface area contributed by atoms with Crippen molar-refractivity contribution in [2.75, 3.05) is 26.0 Å². The van der Waals surface area contributed by atoms with Gasteiger partial charge in [0.25, 0.3) is 5.91 Å². The van der Waals surface area contributed by atoms with E-state index >= 15 is 0 Å². The van der Waals surface area contributed by atoms with Crippen LogP contribution in [0.2, 0.25) is 0 Å². The van der Waals surface area contributed by atoms with E-state index in [2.05, 4.69) is 4.98 Å². The van der Waals surface area contributed by atoms with E-state index in [0.717, 1.165) is 10.6 Å². The normalized spacial score (nSPS) is 18.1. The van der Waals surface area contributed by atoms with E-state index in [1.807, 2.05) is 0 Å².